The lowest BCUT2D eigenvalue weighted by molar-refractivity contribution is -0.131. The smallest absolute Gasteiger partial charge is 0.333 e. The molecule has 1 aromatic rings. The maximum Gasteiger partial charge on any atom is 0.333 e. The number of rotatable bonds is 4. The van der Waals surface area contributed by atoms with Gasteiger partial charge >= 0.3 is 10.3 Å². The van der Waals surface area contributed by atoms with Gasteiger partial charge in [0.15, 0.2) is 0 Å². The second kappa shape index (κ2) is 6.06. The van der Waals surface area contributed by atoms with E-state index in [0.717, 1.165) is 4.90 Å². The van der Waals surface area contributed by atoms with Crippen LogP contribution in [0, 0.1) is 23.2 Å². The van der Waals surface area contributed by atoms with Gasteiger partial charge in [0.1, 0.15) is 18.4 Å². The number of fused-ring (bicyclic) bond motifs is 5. The van der Waals surface area contributed by atoms with Crippen molar-refractivity contribution in [3.8, 4) is 6.07 Å². The van der Waals surface area contributed by atoms with Gasteiger partial charge in [0.25, 0.3) is 0 Å². The van der Waals surface area contributed by atoms with E-state index in [0.29, 0.717) is 0 Å². The summed E-state index contributed by atoms with van der Waals surface area (Å²) in [6, 6.07) is 5.90. The fraction of sp³-hybridized carbons (Fsp3) is 0.500. The number of hydrogen-bond donors (Lipinski definition) is 1. The molecule has 154 valence electrons. The van der Waals surface area contributed by atoms with Gasteiger partial charge in [-0.25, -0.2) is 14.4 Å². The predicted octanol–water partition coefficient (Wildman–Crippen LogP) is 0.673. The Morgan fingerprint density at radius 1 is 1.34 bits per heavy atom. The molecule has 3 aliphatic rings. The summed E-state index contributed by atoms with van der Waals surface area (Å²) in [7, 11) is -4.30. The van der Waals surface area contributed by atoms with E-state index in [1.165, 1.54) is 25.1 Å². The van der Waals surface area contributed by atoms with Gasteiger partial charge in [-0.2, -0.15) is 13.7 Å². The van der Waals surface area contributed by atoms with Crippen LogP contribution in [0.1, 0.15) is 31.4 Å². The first-order valence-electron chi connectivity index (χ1n) is 8.83. The van der Waals surface area contributed by atoms with E-state index in [4.69, 9.17) is 19.3 Å². The average Bonchev–Trinajstić information content (AvgIpc) is 3.14. The van der Waals surface area contributed by atoms with Crippen LogP contribution in [-0.2, 0) is 35.5 Å². The summed E-state index contributed by atoms with van der Waals surface area (Å²) in [6.45, 7) is 2.23. The van der Waals surface area contributed by atoms with Gasteiger partial charge in [0.2, 0.25) is 11.8 Å². The van der Waals surface area contributed by atoms with Gasteiger partial charge in [-0.3, -0.25) is 13.8 Å². The third-order valence-corrected chi connectivity index (χ3v) is 6.63. The Morgan fingerprint density at radius 2 is 2.00 bits per heavy atom. The van der Waals surface area contributed by atoms with Crippen LogP contribution in [0.5, 0.6) is 0 Å². The maximum absolute atomic E-state index is 13.3. The third kappa shape index (κ3) is 2.71. The first-order chi connectivity index (χ1) is 13.4. The molecule has 9 nitrogen and oxygen atoms in total. The third-order valence-electron chi connectivity index (χ3n) is 6.13. The number of nitrogens with zero attached hydrogens (tertiary/aromatic N) is 2. The van der Waals surface area contributed by atoms with Crippen molar-refractivity contribution < 1.29 is 31.3 Å². The van der Waals surface area contributed by atoms with Gasteiger partial charge < -0.3 is 4.74 Å². The molecule has 2 N–H and O–H groups in total. The molecule has 29 heavy (non-hydrogen) atoms. The van der Waals surface area contributed by atoms with Gasteiger partial charge in [0, 0.05) is 12.0 Å². The highest BCUT2D eigenvalue weighted by atomic mass is 32.2. The van der Waals surface area contributed by atoms with Crippen molar-refractivity contribution in [3.05, 3.63) is 29.3 Å². The van der Waals surface area contributed by atoms with Crippen molar-refractivity contribution in [3.63, 3.8) is 0 Å². The summed E-state index contributed by atoms with van der Waals surface area (Å²) in [5.74, 6) is -2.94. The molecule has 0 aliphatic carbocycles. The normalized spacial score (nSPS) is 35.8. The minimum atomic E-state index is -4.30. The summed E-state index contributed by atoms with van der Waals surface area (Å²) >= 11 is 0. The zero-order valence-electron chi connectivity index (χ0n) is 15.6. The second-order valence-electron chi connectivity index (χ2n) is 7.93. The van der Waals surface area contributed by atoms with Crippen LogP contribution < -0.4 is 10.0 Å². The van der Waals surface area contributed by atoms with E-state index >= 15 is 0 Å². The van der Waals surface area contributed by atoms with Crippen LogP contribution in [0.3, 0.4) is 0 Å². The number of alkyl halides is 1. The first-order valence-corrected chi connectivity index (χ1v) is 10.3. The number of carbonyl (C=O) groups excluding carboxylic acids is 2. The molecule has 0 saturated carbocycles. The van der Waals surface area contributed by atoms with Crippen LogP contribution in [0.25, 0.3) is 0 Å². The van der Waals surface area contributed by atoms with E-state index in [2.05, 4.69) is 0 Å². The van der Waals surface area contributed by atoms with Crippen molar-refractivity contribution >= 4 is 27.8 Å². The van der Waals surface area contributed by atoms with Crippen molar-refractivity contribution in [2.75, 3.05) is 4.90 Å². The Balaban J connectivity index is 1.75. The lowest BCUT2D eigenvalue weighted by Crippen LogP contribution is -2.51. The Labute approximate surface area is 166 Å². The molecule has 3 heterocycles. The van der Waals surface area contributed by atoms with E-state index in [1.54, 1.807) is 6.92 Å². The van der Waals surface area contributed by atoms with E-state index in [1.807, 2.05) is 6.07 Å². The van der Waals surface area contributed by atoms with Gasteiger partial charge in [0.05, 0.1) is 34.8 Å². The van der Waals surface area contributed by atoms with Crippen LogP contribution in [0.4, 0.5) is 10.1 Å². The molecule has 1 aromatic carbocycles. The lowest BCUT2D eigenvalue weighted by Gasteiger charge is -2.33. The number of benzene rings is 1. The Morgan fingerprint density at radius 3 is 2.59 bits per heavy atom. The number of carbonyl (C=O) groups is 2. The van der Waals surface area contributed by atoms with Crippen molar-refractivity contribution in [1.29, 1.82) is 5.26 Å². The standard InChI is InChI=1S/C18H18FN3O6S/c1-17-6-12(27-29(21,25)26)18(2,28-17)14-13(17)15(23)22(16(14)24)11-4-3-9(8-20)10(5-11)7-19/h3-5,12-14H,6-7H2,1-2H3,(H2,21,25,26)/t12-,13+,14-,17?,18?/m1/s1. The molecule has 3 fully saturated rings. The molecule has 4 rings (SSSR count). The predicted molar refractivity (Wildman–Crippen MR) is 95.9 cm³/mol. The summed E-state index contributed by atoms with van der Waals surface area (Å²) in [4.78, 5) is 27.3. The zero-order chi connectivity index (χ0) is 21.4. The summed E-state index contributed by atoms with van der Waals surface area (Å²) in [5, 5.41) is 14.1. The molecular formula is C18H18FN3O6S. The molecule has 2 bridgehead atoms. The summed E-state index contributed by atoms with van der Waals surface area (Å²) in [6.07, 6.45) is -0.959. The van der Waals surface area contributed by atoms with Crippen molar-refractivity contribution in [2.24, 2.45) is 17.0 Å². The fourth-order valence-corrected chi connectivity index (χ4v) is 5.56. The second-order valence-corrected chi connectivity index (χ2v) is 9.11. The van der Waals surface area contributed by atoms with Crippen molar-refractivity contribution in [2.45, 2.75) is 44.2 Å². The molecule has 0 radical (unpaired) electrons. The topological polar surface area (TPSA) is 140 Å². The SMILES string of the molecule is CC12C[C@@H](OS(N)(=O)=O)C(C)(O1)[C@H]1C(=O)N(c3ccc(C#N)c(CF)c3)C(=O)[C@H]12. The average molecular weight is 423 g/mol. The Kier molecular flexibility index (Phi) is 4.16. The number of imide groups is 1. The molecule has 3 saturated heterocycles. The number of nitriles is 1. The monoisotopic (exact) mass is 423 g/mol. The Hall–Kier alpha value is -2.39. The van der Waals surface area contributed by atoms with Crippen LogP contribution >= 0.6 is 0 Å². The number of amides is 2. The van der Waals surface area contributed by atoms with Crippen LogP contribution in [-0.4, -0.2) is 37.5 Å². The van der Waals surface area contributed by atoms with Crippen LogP contribution in [0.15, 0.2) is 18.2 Å². The molecule has 2 amide bonds. The molecule has 5 atom stereocenters. The van der Waals surface area contributed by atoms with Gasteiger partial charge in [-0.1, -0.05) is 0 Å². The largest absolute Gasteiger partial charge is 0.365 e. The van der Waals surface area contributed by atoms with E-state index in [-0.39, 0.29) is 23.2 Å². The van der Waals surface area contributed by atoms with Gasteiger partial charge in [-0.15, -0.1) is 0 Å². The number of nitrogens with two attached hydrogens (primary N) is 1. The Bertz CT molecular complexity index is 1090. The highest BCUT2D eigenvalue weighted by molar-refractivity contribution is 7.84. The highest BCUT2D eigenvalue weighted by Gasteiger charge is 2.76. The summed E-state index contributed by atoms with van der Waals surface area (Å²) in [5.41, 5.74) is -2.17. The number of halogens is 1. The minimum Gasteiger partial charge on any atom is -0.365 e. The summed E-state index contributed by atoms with van der Waals surface area (Å²) < 4.78 is 47.1. The number of hydrogen-bond acceptors (Lipinski definition) is 7. The number of ether oxygens (including phenoxy) is 1. The molecule has 11 heteroatoms. The lowest BCUT2D eigenvalue weighted by atomic mass is 9.67. The number of anilines is 1. The van der Waals surface area contributed by atoms with Crippen LogP contribution in [0.2, 0.25) is 0 Å². The quantitative estimate of drug-likeness (QED) is 0.702. The fourth-order valence-electron chi connectivity index (χ4n) is 4.98. The van der Waals surface area contributed by atoms with Gasteiger partial charge in [-0.05, 0) is 32.0 Å². The molecule has 2 unspecified atom stereocenters. The first kappa shape index (κ1) is 19.9. The van der Waals surface area contributed by atoms with E-state index in [9.17, 15) is 22.4 Å². The van der Waals surface area contributed by atoms with Crippen molar-refractivity contribution in [1.82, 2.24) is 0 Å². The molecule has 3 aliphatic heterocycles. The zero-order valence-corrected chi connectivity index (χ0v) is 16.4. The highest BCUT2D eigenvalue weighted by Crippen LogP contribution is 2.61. The molecule has 0 spiro atoms. The minimum absolute atomic E-state index is 0.0646. The van der Waals surface area contributed by atoms with E-state index < -0.39 is 57.9 Å². The molecular weight excluding hydrogens is 405 g/mol. The molecule has 0 aromatic heterocycles. The maximum atomic E-state index is 13.3.